The number of hydrogen-bond donors (Lipinski definition) is 1. The molecule has 3 aromatic rings. The lowest BCUT2D eigenvalue weighted by Gasteiger charge is -2.25. The van der Waals surface area contributed by atoms with Gasteiger partial charge in [0.25, 0.3) is 10.0 Å². The van der Waals surface area contributed by atoms with E-state index in [0.717, 1.165) is 29.2 Å². The average Bonchev–Trinajstić information content (AvgIpc) is 3.55. The van der Waals surface area contributed by atoms with Crippen LogP contribution < -0.4 is 9.62 Å². The Labute approximate surface area is 198 Å². The zero-order valence-corrected chi connectivity index (χ0v) is 20.6. The molecule has 1 N–H and O–H groups in total. The van der Waals surface area contributed by atoms with Gasteiger partial charge >= 0.3 is 0 Å². The number of thiophene rings is 1. The molecule has 1 aromatic carbocycles. The monoisotopic (exact) mass is 488 g/mol. The molecule has 0 saturated carbocycles. The Hall–Kier alpha value is -1.94. The molecule has 6 nitrogen and oxygen atoms in total. The van der Waals surface area contributed by atoms with E-state index >= 15 is 0 Å². The van der Waals surface area contributed by atoms with Crippen LogP contribution in [-0.4, -0.2) is 37.9 Å². The maximum absolute atomic E-state index is 13.3. The van der Waals surface area contributed by atoms with E-state index in [1.807, 2.05) is 25.3 Å². The Morgan fingerprint density at radius 2 is 2.03 bits per heavy atom. The molecule has 0 amide bonds. The number of nitrogens with zero attached hydrogens (tertiary/aromatic N) is 3. The van der Waals surface area contributed by atoms with Gasteiger partial charge in [0.1, 0.15) is 9.22 Å². The summed E-state index contributed by atoms with van der Waals surface area (Å²) >= 11 is 3.03. The number of nitrogens with one attached hydrogen (secondary N) is 1. The first-order valence-corrected chi connectivity index (χ1v) is 14.3. The number of anilines is 2. The lowest BCUT2D eigenvalue weighted by molar-refractivity contribution is 0.222. The van der Waals surface area contributed by atoms with Crippen LogP contribution in [0.4, 0.5) is 11.4 Å². The van der Waals surface area contributed by atoms with Crippen LogP contribution in [0, 0.1) is 0 Å². The van der Waals surface area contributed by atoms with E-state index in [1.165, 1.54) is 52.9 Å². The van der Waals surface area contributed by atoms with Crippen molar-refractivity contribution in [1.82, 2.24) is 9.88 Å². The molecule has 5 rings (SSSR count). The van der Waals surface area contributed by atoms with Gasteiger partial charge in [0.05, 0.1) is 17.4 Å². The van der Waals surface area contributed by atoms with Crippen molar-refractivity contribution in [3.8, 4) is 0 Å². The van der Waals surface area contributed by atoms with Gasteiger partial charge in [-0.15, -0.1) is 22.7 Å². The molecule has 0 radical (unpaired) electrons. The van der Waals surface area contributed by atoms with Crippen molar-refractivity contribution in [2.24, 2.45) is 0 Å². The number of rotatable bonds is 7. The van der Waals surface area contributed by atoms with Crippen LogP contribution >= 0.6 is 22.7 Å². The van der Waals surface area contributed by atoms with Gasteiger partial charge in [-0.1, -0.05) is 24.6 Å². The third kappa shape index (κ3) is 4.19. The molecule has 2 aromatic heterocycles. The van der Waals surface area contributed by atoms with Crippen molar-refractivity contribution in [1.29, 1.82) is 0 Å². The topological polar surface area (TPSA) is 65.5 Å². The minimum Gasteiger partial charge on any atom is -0.374 e. The van der Waals surface area contributed by atoms with Crippen LogP contribution in [0.15, 0.2) is 46.1 Å². The lowest BCUT2D eigenvalue weighted by Crippen LogP contribution is -2.30. The normalized spacial score (nSPS) is 19.0. The summed E-state index contributed by atoms with van der Waals surface area (Å²) in [5, 5.41) is 6.47. The van der Waals surface area contributed by atoms with Crippen LogP contribution in [0.1, 0.15) is 47.7 Å². The molecule has 2 aliphatic heterocycles. The second-order valence-corrected chi connectivity index (χ2v) is 12.5. The molecule has 1 atom stereocenters. The first-order chi connectivity index (χ1) is 15.6. The van der Waals surface area contributed by atoms with E-state index in [9.17, 15) is 8.42 Å². The zero-order valence-electron chi connectivity index (χ0n) is 18.2. The van der Waals surface area contributed by atoms with Crippen LogP contribution in [-0.2, 0) is 23.0 Å². The zero-order chi connectivity index (χ0) is 22.1. The van der Waals surface area contributed by atoms with E-state index in [-0.39, 0.29) is 6.04 Å². The predicted octanol–water partition coefficient (Wildman–Crippen LogP) is 5.12. The van der Waals surface area contributed by atoms with E-state index in [4.69, 9.17) is 4.98 Å². The first kappa shape index (κ1) is 21.9. The maximum atomic E-state index is 13.3. The molecule has 1 unspecified atom stereocenters. The lowest BCUT2D eigenvalue weighted by atomic mass is 10.1. The number of benzene rings is 1. The van der Waals surface area contributed by atoms with Gasteiger partial charge in [0.2, 0.25) is 0 Å². The SMILES string of the molecule is CCN(c1cccc2c1NC(c1ncc(CN3CCCCC3)s1)C2)S(=O)(=O)c1cccs1. The van der Waals surface area contributed by atoms with E-state index in [1.54, 1.807) is 28.8 Å². The van der Waals surface area contributed by atoms with Gasteiger partial charge in [-0.3, -0.25) is 9.21 Å². The van der Waals surface area contributed by atoms with Gasteiger partial charge < -0.3 is 5.32 Å². The predicted molar refractivity (Wildman–Crippen MR) is 132 cm³/mol. The Bertz CT molecular complexity index is 1170. The molecule has 9 heteroatoms. The van der Waals surface area contributed by atoms with Crippen molar-refractivity contribution in [2.75, 3.05) is 29.3 Å². The summed E-state index contributed by atoms with van der Waals surface area (Å²) in [6.45, 7) is 5.58. The fraction of sp³-hybridized carbons (Fsp3) is 0.435. The number of para-hydroxylation sites is 1. The van der Waals surface area contributed by atoms with Crippen molar-refractivity contribution in [3.05, 3.63) is 57.4 Å². The smallest absolute Gasteiger partial charge is 0.273 e. The molecule has 1 saturated heterocycles. The standard InChI is InChI=1S/C23H28N4O2S3/c1-2-27(32(28,29)21-10-7-13-30-21)20-9-6-8-17-14-19(25-22(17)20)23-24-15-18(31-23)16-26-11-4-3-5-12-26/h6-10,13,15,19,25H,2-5,11-12,14,16H2,1H3. The molecule has 0 spiro atoms. The van der Waals surface area contributed by atoms with E-state index in [0.29, 0.717) is 16.4 Å². The molecular weight excluding hydrogens is 460 g/mol. The maximum Gasteiger partial charge on any atom is 0.273 e. The number of fused-ring (bicyclic) bond motifs is 1. The molecule has 2 aliphatic rings. The van der Waals surface area contributed by atoms with Crippen LogP contribution in [0.25, 0.3) is 0 Å². The second-order valence-electron chi connectivity index (χ2n) is 8.32. The summed E-state index contributed by atoms with van der Waals surface area (Å²) in [5.41, 5.74) is 2.76. The van der Waals surface area contributed by atoms with Crippen LogP contribution in [0.5, 0.6) is 0 Å². The highest BCUT2D eigenvalue weighted by Gasteiger charge is 2.32. The fourth-order valence-corrected chi connectivity index (χ4v) is 8.21. The number of hydrogen-bond acceptors (Lipinski definition) is 7. The van der Waals surface area contributed by atoms with Crippen molar-refractivity contribution in [2.45, 2.75) is 49.4 Å². The van der Waals surface area contributed by atoms with E-state index < -0.39 is 10.0 Å². The quantitative estimate of drug-likeness (QED) is 0.500. The summed E-state index contributed by atoms with van der Waals surface area (Å²) < 4.78 is 28.4. The Kier molecular flexibility index (Phi) is 6.24. The van der Waals surface area contributed by atoms with Gasteiger partial charge in [0, 0.05) is 30.6 Å². The highest BCUT2D eigenvalue weighted by atomic mass is 32.2. The number of sulfonamides is 1. The second kappa shape index (κ2) is 9.13. The molecule has 0 bridgehead atoms. The Morgan fingerprint density at radius 3 is 2.78 bits per heavy atom. The summed E-state index contributed by atoms with van der Waals surface area (Å²) in [5.74, 6) is 0. The summed E-state index contributed by atoms with van der Waals surface area (Å²) in [4.78, 5) is 8.55. The third-order valence-electron chi connectivity index (χ3n) is 6.16. The average molecular weight is 489 g/mol. The summed E-state index contributed by atoms with van der Waals surface area (Å²) in [6, 6.07) is 9.45. The van der Waals surface area contributed by atoms with Gasteiger partial charge in [0.15, 0.2) is 0 Å². The number of likely N-dealkylation sites (tertiary alicyclic amines) is 1. The van der Waals surface area contributed by atoms with Crippen LogP contribution in [0.3, 0.4) is 0 Å². The highest BCUT2D eigenvalue weighted by molar-refractivity contribution is 7.94. The number of thiazole rings is 1. The Balaban J connectivity index is 1.37. The number of piperidine rings is 1. The molecule has 0 aliphatic carbocycles. The molecular formula is C23H28N4O2S3. The largest absolute Gasteiger partial charge is 0.374 e. The molecule has 170 valence electrons. The van der Waals surface area contributed by atoms with Crippen LogP contribution in [0.2, 0.25) is 0 Å². The first-order valence-electron chi connectivity index (χ1n) is 11.2. The minimum atomic E-state index is -3.58. The summed E-state index contributed by atoms with van der Waals surface area (Å²) in [7, 11) is -3.58. The van der Waals surface area contributed by atoms with Crippen molar-refractivity contribution in [3.63, 3.8) is 0 Å². The minimum absolute atomic E-state index is 0.0782. The molecule has 32 heavy (non-hydrogen) atoms. The fourth-order valence-electron chi connectivity index (χ4n) is 4.61. The van der Waals surface area contributed by atoms with E-state index in [2.05, 4.69) is 16.3 Å². The van der Waals surface area contributed by atoms with Gasteiger partial charge in [-0.25, -0.2) is 13.4 Å². The number of aromatic nitrogens is 1. The van der Waals surface area contributed by atoms with Gasteiger partial charge in [-0.2, -0.15) is 0 Å². The van der Waals surface area contributed by atoms with Crippen molar-refractivity contribution < 1.29 is 8.42 Å². The molecule has 1 fully saturated rings. The van der Waals surface area contributed by atoms with Crippen molar-refractivity contribution >= 4 is 44.1 Å². The Morgan fingerprint density at radius 1 is 1.19 bits per heavy atom. The molecule has 4 heterocycles. The summed E-state index contributed by atoms with van der Waals surface area (Å²) in [6.07, 6.45) is 6.75. The highest BCUT2D eigenvalue weighted by Crippen LogP contribution is 2.43. The third-order valence-corrected chi connectivity index (χ3v) is 10.5. The van der Waals surface area contributed by atoms with Gasteiger partial charge in [-0.05, 0) is 55.9 Å².